The Morgan fingerprint density at radius 3 is 1.59 bits per heavy atom. The third-order valence-corrected chi connectivity index (χ3v) is 4.15. The third kappa shape index (κ3) is 15.8. The van der Waals surface area contributed by atoms with Crippen molar-refractivity contribution in [3.8, 4) is 0 Å². The van der Waals surface area contributed by atoms with Crippen LogP contribution in [-0.2, 0) is 4.79 Å². The van der Waals surface area contributed by atoms with E-state index in [1.54, 1.807) is 0 Å². The Balaban J connectivity index is 3.31. The van der Waals surface area contributed by atoms with Crippen molar-refractivity contribution in [3.05, 3.63) is 0 Å². The first-order valence-corrected chi connectivity index (χ1v) is 9.14. The van der Waals surface area contributed by atoms with E-state index in [9.17, 15) is 15.0 Å². The highest BCUT2D eigenvalue weighted by Gasteiger charge is 2.21. The van der Waals surface area contributed by atoms with E-state index >= 15 is 0 Å². The summed E-state index contributed by atoms with van der Waals surface area (Å²) in [4.78, 5) is 10.3. The minimum atomic E-state index is -1.47. The molecule has 0 unspecified atom stereocenters. The molecule has 22 heavy (non-hydrogen) atoms. The van der Waals surface area contributed by atoms with E-state index in [0.717, 1.165) is 64.2 Å². The number of carboxylic acid groups (broad SMARTS) is 1. The van der Waals surface area contributed by atoms with Crippen molar-refractivity contribution in [1.82, 2.24) is 0 Å². The second-order valence-corrected chi connectivity index (χ2v) is 6.52. The van der Waals surface area contributed by atoms with Crippen molar-refractivity contribution in [2.75, 3.05) is 0 Å². The predicted molar refractivity (Wildman–Crippen MR) is 89.7 cm³/mol. The zero-order valence-electron chi connectivity index (χ0n) is 14.4. The van der Waals surface area contributed by atoms with Crippen LogP contribution in [0.2, 0.25) is 0 Å². The zero-order chi connectivity index (χ0) is 16.7. The molecule has 0 amide bonds. The van der Waals surface area contributed by atoms with E-state index < -0.39 is 11.8 Å². The Kier molecular flexibility index (Phi) is 13.6. The summed E-state index contributed by atoms with van der Waals surface area (Å²) in [6.07, 6.45) is 13.8. The molecule has 4 nitrogen and oxygen atoms in total. The molecule has 0 saturated heterocycles. The van der Waals surface area contributed by atoms with Gasteiger partial charge >= 0.3 is 5.97 Å². The Morgan fingerprint density at radius 1 is 0.727 bits per heavy atom. The summed E-state index contributed by atoms with van der Waals surface area (Å²) in [5.41, 5.74) is 0. The van der Waals surface area contributed by atoms with Crippen LogP contribution in [0, 0.1) is 0 Å². The Labute approximate surface area is 135 Å². The molecule has 0 spiro atoms. The van der Waals surface area contributed by atoms with Gasteiger partial charge in [0, 0.05) is 19.3 Å². The molecule has 0 saturated carbocycles. The summed E-state index contributed by atoms with van der Waals surface area (Å²) >= 11 is 0. The first-order valence-electron chi connectivity index (χ1n) is 9.14. The first kappa shape index (κ1) is 21.4. The Hall–Kier alpha value is -0.610. The van der Waals surface area contributed by atoms with Gasteiger partial charge in [-0.2, -0.15) is 0 Å². The van der Waals surface area contributed by atoms with Crippen LogP contribution < -0.4 is 0 Å². The molecule has 0 aliphatic carbocycles. The quantitative estimate of drug-likeness (QED) is 0.287. The molecule has 0 aliphatic heterocycles. The summed E-state index contributed by atoms with van der Waals surface area (Å²) in [5.74, 6) is -2.17. The number of hydrogen-bond acceptors (Lipinski definition) is 3. The molecular weight excluding hydrogens is 280 g/mol. The van der Waals surface area contributed by atoms with Crippen molar-refractivity contribution >= 4 is 5.97 Å². The molecule has 0 heterocycles. The number of hydrogen-bond donors (Lipinski definition) is 3. The summed E-state index contributed by atoms with van der Waals surface area (Å²) in [7, 11) is 0. The molecule has 0 aromatic heterocycles. The molecule has 0 aromatic rings. The second kappa shape index (κ2) is 14.0. The zero-order valence-corrected chi connectivity index (χ0v) is 14.4. The number of rotatable bonds is 16. The van der Waals surface area contributed by atoms with Crippen molar-refractivity contribution < 1.29 is 20.1 Å². The fourth-order valence-corrected chi connectivity index (χ4v) is 2.70. The van der Waals surface area contributed by atoms with Gasteiger partial charge in [0.15, 0.2) is 5.79 Å². The van der Waals surface area contributed by atoms with Gasteiger partial charge in [0.05, 0.1) is 0 Å². The molecule has 4 heteroatoms. The molecule has 0 bridgehead atoms. The van der Waals surface area contributed by atoms with Crippen molar-refractivity contribution in [2.45, 2.75) is 109 Å². The van der Waals surface area contributed by atoms with E-state index in [0.29, 0.717) is 12.8 Å². The van der Waals surface area contributed by atoms with Crippen LogP contribution >= 0.6 is 0 Å². The monoisotopic (exact) mass is 316 g/mol. The van der Waals surface area contributed by atoms with Gasteiger partial charge in [-0.15, -0.1) is 0 Å². The second-order valence-electron chi connectivity index (χ2n) is 6.52. The third-order valence-electron chi connectivity index (χ3n) is 4.15. The molecule has 0 fully saturated rings. The van der Waals surface area contributed by atoms with Gasteiger partial charge in [0.1, 0.15) is 0 Å². The molecular formula is C18H36O4. The summed E-state index contributed by atoms with van der Waals surface area (Å²) in [6.45, 7) is 2.15. The van der Waals surface area contributed by atoms with Gasteiger partial charge in [-0.05, 0) is 19.3 Å². The fraction of sp³-hybridized carbons (Fsp3) is 0.944. The largest absolute Gasteiger partial charge is 0.481 e. The van der Waals surface area contributed by atoms with Crippen LogP contribution in [0.4, 0.5) is 0 Å². The SMILES string of the molecule is CCCCCCC(O)(O)CCCCCCCCCCC(=O)O. The van der Waals surface area contributed by atoms with Gasteiger partial charge in [-0.3, -0.25) is 4.79 Å². The maximum absolute atomic E-state index is 10.3. The van der Waals surface area contributed by atoms with Crippen molar-refractivity contribution in [2.24, 2.45) is 0 Å². The molecule has 0 aliphatic rings. The van der Waals surface area contributed by atoms with Gasteiger partial charge in [-0.25, -0.2) is 0 Å². The smallest absolute Gasteiger partial charge is 0.303 e. The minimum absolute atomic E-state index is 0.285. The number of aliphatic carboxylic acids is 1. The number of carboxylic acids is 1. The van der Waals surface area contributed by atoms with E-state index in [1.165, 1.54) is 12.8 Å². The maximum Gasteiger partial charge on any atom is 0.303 e. The minimum Gasteiger partial charge on any atom is -0.481 e. The highest BCUT2D eigenvalue weighted by atomic mass is 16.5. The lowest BCUT2D eigenvalue weighted by Gasteiger charge is -2.21. The first-order chi connectivity index (χ1) is 10.5. The lowest BCUT2D eigenvalue weighted by molar-refractivity contribution is -0.172. The summed E-state index contributed by atoms with van der Waals surface area (Å²) in [6, 6.07) is 0. The average Bonchev–Trinajstić information content (AvgIpc) is 2.45. The standard InChI is InChI=1S/C18H36O4/c1-2-3-4-12-15-18(21,22)16-13-10-8-6-5-7-9-11-14-17(19)20/h21-22H,2-16H2,1H3,(H,19,20). The summed E-state index contributed by atoms with van der Waals surface area (Å²) in [5, 5.41) is 28.3. The highest BCUT2D eigenvalue weighted by Crippen LogP contribution is 2.20. The predicted octanol–water partition coefficient (Wildman–Crippen LogP) is 4.62. The van der Waals surface area contributed by atoms with Crippen LogP contribution in [-0.4, -0.2) is 27.1 Å². The fourth-order valence-electron chi connectivity index (χ4n) is 2.70. The van der Waals surface area contributed by atoms with Gasteiger partial charge in [0.2, 0.25) is 0 Å². The molecule has 132 valence electrons. The van der Waals surface area contributed by atoms with Gasteiger partial charge in [-0.1, -0.05) is 64.7 Å². The average molecular weight is 316 g/mol. The highest BCUT2D eigenvalue weighted by molar-refractivity contribution is 5.66. The van der Waals surface area contributed by atoms with E-state index in [4.69, 9.17) is 5.11 Å². The molecule has 0 atom stereocenters. The van der Waals surface area contributed by atoms with Crippen LogP contribution in [0.15, 0.2) is 0 Å². The Morgan fingerprint density at radius 2 is 1.14 bits per heavy atom. The van der Waals surface area contributed by atoms with Gasteiger partial charge < -0.3 is 15.3 Å². The van der Waals surface area contributed by atoms with E-state index in [1.807, 2.05) is 0 Å². The van der Waals surface area contributed by atoms with Gasteiger partial charge in [0.25, 0.3) is 0 Å². The topological polar surface area (TPSA) is 77.8 Å². The number of carbonyl (C=O) groups is 1. The molecule has 3 N–H and O–H groups in total. The van der Waals surface area contributed by atoms with Crippen LogP contribution in [0.5, 0.6) is 0 Å². The summed E-state index contributed by atoms with van der Waals surface area (Å²) < 4.78 is 0. The Bertz CT molecular complexity index is 264. The van der Waals surface area contributed by atoms with Crippen molar-refractivity contribution in [3.63, 3.8) is 0 Å². The maximum atomic E-state index is 10.3. The molecule has 0 radical (unpaired) electrons. The number of aliphatic hydroxyl groups is 2. The van der Waals surface area contributed by atoms with E-state index in [2.05, 4.69) is 6.92 Å². The molecule has 0 aromatic carbocycles. The normalized spacial score (nSPS) is 11.8. The van der Waals surface area contributed by atoms with Crippen LogP contribution in [0.3, 0.4) is 0 Å². The van der Waals surface area contributed by atoms with E-state index in [-0.39, 0.29) is 6.42 Å². The number of unbranched alkanes of at least 4 members (excludes halogenated alkanes) is 10. The van der Waals surface area contributed by atoms with Crippen molar-refractivity contribution in [1.29, 1.82) is 0 Å². The lowest BCUT2D eigenvalue weighted by Crippen LogP contribution is -2.27. The van der Waals surface area contributed by atoms with Crippen LogP contribution in [0.25, 0.3) is 0 Å². The van der Waals surface area contributed by atoms with Crippen LogP contribution in [0.1, 0.15) is 103 Å². The molecule has 0 rings (SSSR count). The lowest BCUT2D eigenvalue weighted by atomic mass is 9.99.